The monoisotopic (exact) mass is 454 g/mol. The number of Topliss-reactive ketones (excluding diaryl/α,β-unsaturated/α-hetero) is 1. The molecule has 0 saturated heterocycles. The molecule has 28 heavy (non-hydrogen) atoms. The van der Waals surface area contributed by atoms with Crippen molar-refractivity contribution in [2.24, 2.45) is 17.8 Å². The lowest BCUT2D eigenvalue weighted by Gasteiger charge is -2.47. The highest BCUT2D eigenvalue weighted by Crippen LogP contribution is 2.51. The average Bonchev–Trinajstić information content (AvgIpc) is 2.60. The second kappa shape index (κ2) is 9.18. The van der Waals surface area contributed by atoms with Crippen LogP contribution in [0.15, 0.2) is 28.7 Å². The number of ketones is 1. The number of aliphatic hydroxyl groups is 1. The first kappa shape index (κ1) is 22.6. The molecule has 7 heteroatoms. The minimum atomic E-state index is -1.54. The van der Waals surface area contributed by atoms with Gasteiger partial charge < -0.3 is 14.6 Å². The molecule has 1 fully saturated rings. The normalized spacial score (nSPS) is 29.8. The molecule has 2 rings (SSSR count). The van der Waals surface area contributed by atoms with Crippen molar-refractivity contribution in [3.05, 3.63) is 34.3 Å². The molecule has 0 aromatic heterocycles. The Labute approximate surface area is 173 Å². The van der Waals surface area contributed by atoms with Crippen LogP contribution >= 0.6 is 15.9 Å². The van der Waals surface area contributed by atoms with E-state index >= 15 is 0 Å². The van der Waals surface area contributed by atoms with Crippen LogP contribution < -0.4 is 0 Å². The molecule has 1 N–H and O–H groups in total. The summed E-state index contributed by atoms with van der Waals surface area (Å²) in [5, 5.41) is 11.1. The first-order valence-corrected chi connectivity index (χ1v) is 10.2. The standard InChI is InChI=1S/C21H27BrO6/c1-5-27-19(24)15-11-21(4,26)18(12(3)23)17(20(25)28-6-2)16(15)13-8-7-9-14(22)10-13/h7-10,15-18,26H,5-6,11H2,1-4H3/t15-,16-,17-,18-,21+/m1/s1. The number of carbonyl (C=O) groups is 3. The molecule has 1 aliphatic carbocycles. The van der Waals surface area contributed by atoms with Crippen molar-refractivity contribution in [3.8, 4) is 0 Å². The third-order valence-electron chi connectivity index (χ3n) is 5.30. The largest absolute Gasteiger partial charge is 0.466 e. The SMILES string of the molecule is CCOC(=O)[C@@H]1[C@H](c2cccc(Br)c2)[C@H](C(=O)OCC)C[C@](C)(O)[C@@H]1C(C)=O. The molecule has 1 aliphatic rings. The van der Waals surface area contributed by atoms with Crippen LogP contribution in [0.1, 0.15) is 45.6 Å². The van der Waals surface area contributed by atoms with Gasteiger partial charge in [0.05, 0.1) is 36.6 Å². The molecule has 0 spiro atoms. The summed E-state index contributed by atoms with van der Waals surface area (Å²) in [4.78, 5) is 38.2. The Morgan fingerprint density at radius 2 is 1.79 bits per heavy atom. The third-order valence-corrected chi connectivity index (χ3v) is 5.80. The number of ether oxygens (including phenoxy) is 2. The average molecular weight is 455 g/mol. The van der Waals surface area contributed by atoms with Crippen LogP contribution in [0, 0.1) is 17.8 Å². The van der Waals surface area contributed by atoms with Crippen molar-refractivity contribution < 1.29 is 29.0 Å². The highest BCUT2D eigenvalue weighted by Gasteiger charge is 2.57. The summed E-state index contributed by atoms with van der Waals surface area (Å²) >= 11 is 3.42. The molecule has 6 nitrogen and oxygen atoms in total. The minimum absolute atomic E-state index is 0.0170. The number of benzene rings is 1. The van der Waals surface area contributed by atoms with Crippen molar-refractivity contribution in [1.29, 1.82) is 0 Å². The number of hydrogen-bond acceptors (Lipinski definition) is 6. The molecule has 5 atom stereocenters. The van der Waals surface area contributed by atoms with Gasteiger partial charge in [-0.1, -0.05) is 28.1 Å². The van der Waals surface area contributed by atoms with Gasteiger partial charge in [-0.2, -0.15) is 0 Å². The van der Waals surface area contributed by atoms with E-state index in [1.807, 2.05) is 18.2 Å². The van der Waals surface area contributed by atoms with Gasteiger partial charge in [0.25, 0.3) is 0 Å². The van der Waals surface area contributed by atoms with Gasteiger partial charge in [0.2, 0.25) is 0 Å². The van der Waals surface area contributed by atoms with E-state index in [0.29, 0.717) is 5.56 Å². The van der Waals surface area contributed by atoms with Gasteiger partial charge in [0.15, 0.2) is 0 Å². The summed E-state index contributed by atoms with van der Waals surface area (Å²) in [6.07, 6.45) is 0.0170. The van der Waals surface area contributed by atoms with E-state index in [2.05, 4.69) is 15.9 Å². The maximum atomic E-state index is 12.9. The van der Waals surface area contributed by atoms with Gasteiger partial charge in [-0.25, -0.2) is 0 Å². The Bertz CT molecular complexity index is 744. The molecule has 0 heterocycles. The molecule has 154 valence electrons. The van der Waals surface area contributed by atoms with Gasteiger partial charge in [0.1, 0.15) is 5.78 Å². The summed E-state index contributed by atoms with van der Waals surface area (Å²) in [7, 11) is 0. The topological polar surface area (TPSA) is 89.9 Å². The lowest BCUT2D eigenvalue weighted by atomic mass is 9.57. The fourth-order valence-corrected chi connectivity index (χ4v) is 4.81. The lowest BCUT2D eigenvalue weighted by molar-refractivity contribution is -0.176. The molecular formula is C21H27BrO6. The number of hydrogen-bond donors (Lipinski definition) is 1. The Balaban J connectivity index is 2.68. The van der Waals surface area contributed by atoms with Crippen LogP contribution in [0.5, 0.6) is 0 Å². The Kier molecular flexibility index (Phi) is 7.39. The summed E-state index contributed by atoms with van der Waals surface area (Å²) in [5.41, 5.74) is -0.823. The molecule has 0 bridgehead atoms. The summed E-state index contributed by atoms with van der Waals surface area (Å²) in [5.74, 6) is -4.82. The molecular weight excluding hydrogens is 428 g/mol. The van der Waals surface area contributed by atoms with Crippen LogP contribution in [-0.2, 0) is 23.9 Å². The fraction of sp³-hybridized carbons (Fsp3) is 0.571. The number of halogens is 1. The van der Waals surface area contributed by atoms with Crippen molar-refractivity contribution >= 4 is 33.7 Å². The van der Waals surface area contributed by atoms with Crippen LogP contribution in [0.25, 0.3) is 0 Å². The third kappa shape index (κ3) is 4.63. The Hall–Kier alpha value is -1.73. The highest BCUT2D eigenvalue weighted by molar-refractivity contribution is 9.10. The predicted molar refractivity (Wildman–Crippen MR) is 107 cm³/mol. The second-order valence-corrected chi connectivity index (χ2v) is 8.28. The molecule has 1 aromatic carbocycles. The molecule has 0 aliphatic heterocycles. The zero-order chi connectivity index (χ0) is 21.1. The van der Waals surface area contributed by atoms with Gasteiger partial charge in [-0.15, -0.1) is 0 Å². The van der Waals surface area contributed by atoms with E-state index in [4.69, 9.17) is 9.47 Å². The van der Waals surface area contributed by atoms with Gasteiger partial charge >= 0.3 is 11.9 Å². The summed E-state index contributed by atoms with van der Waals surface area (Å²) in [6.45, 7) is 6.55. The smallest absolute Gasteiger partial charge is 0.310 e. The fourth-order valence-electron chi connectivity index (χ4n) is 4.39. The number of esters is 2. The zero-order valence-electron chi connectivity index (χ0n) is 16.6. The number of carbonyl (C=O) groups excluding carboxylic acids is 3. The molecule has 1 aromatic rings. The van der Waals surface area contributed by atoms with Gasteiger partial charge in [0, 0.05) is 10.4 Å². The Morgan fingerprint density at radius 1 is 1.18 bits per heavy atom. The van der Waals surface area contributed by atoms with Crippen LogP contribution in [0.4, 0.5) is 0 Å². The van der Waals surface area contributed by atoms with E-state index in [1.165, 1.54) is 13.8 Å². The van der Waals surface area contributed by atoms with Crippen molar-refractivity contribution in [3.63, 3.8) is 0 Å². The van der Waals surface area contributed by atoms with E-state index in [0.717, 1.165) is 4.47 Å². The molecule has 0 unspecified atom stereocenters. The van der Waals surface area contributed by atoms with Gasteiger partial charge in [-0.05, 0) is 51.8 Å². The Morgan fingerprint density at radius 3 is 2.32 bits per heavy atom. The van der Waals surface area contributed by atoms with E-state index < -0.39 is 41.2 Å². The summed E-state index contributed by atoms with van der Waals surface area (Å²) in [6, 6.07) is 7.27. The van der Waals surface area contributed by atoms with Crippen LogP contribution in [-0.4, -0.2) is 41.6 Å². The zero-order valence-corrected chi connectivity index (χ0v) is 18.2. The minimum Gasteiger partial charge on any atom is -0.466 e. The van der Waals surface area contributed by atoms with E-state index in [-0.39, 0.29) is 25.4 Å². The first-order chi connectivity index (χ1) is 13.1. The maximum absolute atomic E-state index is 12.9. The quantitative estimate of drug-likeness (QED) is 0.663. The van der Waals surface area contributed by atoms with E-state index in [1.54, 1.807) is 19.9 Å². The first-order valence-electron chi connectivity index (χ1n) is 9.45. The van der Waals surface area contributed by atoms with E-state index in [9.17, 15) is 19.5 Å². The molecule has 1 saturated carbocycles. The summed E-state index contributed by atoms with van der Waals surface area (Å²) < 4.78 is 11.3. The van der Waals surface area contributed by atoms with Crippen molar-refractivity contribution in [1.82, 2.24) is 0 Å². The number of rotatable bonds is 6. The van der Waals surface area contributed by atoms with Gasteiger partial charge in [-0.3, -0.25) is 14.4 Å². The van der Waals surface area contributed by atoms with Crippen molar-refractivity contribution in [2.75, 3.05) is 13.2 Å². The molecule has 0 amide bonds. The second-order valence-electron chi connectivity index (χ2n) is 7.37. The van der Waals surface area contributed by atoms with Crippen molar-refractivity contribution in [2.45, 2.75) is 45.6 Å². The van der Waals surface area contributed by atoms with Crippen LogP contribution in [0.2, 0.25) is 0 Å². The highest BCUT2D eigenvalue weighted by atomic mass is 79.9. The molecule has 0 radical (unpaired) electrons. The van der Waals surface area contributed by atoms with Crippen LogP contribution in [0.3, 0.4) is 0 Å². The lowest BCUT2D eigenvalue weighted by Crippen LogP contribution is -2.56. The maximum Gasteiger partial charge on any atom is 0.310 e. The predicted octanol–water partition coefficient (Wildman–Crippen LogP) is 3.25.